The van der Waals surface area contributed by atoms with Crippen molar-refractivity contribution in [2.75, 3.05) is 6.61 Å². The fourth-order valence-corrected chi connectivity index (χ4v) is 2.62. The number of non-ortho nitro benzene ring substituents is 1. The normalized spacial score (nSPS) is 11.5. The maximum absolute atomic E-state index is 12.1. The van der Waals surface area contributed by atoms with Crippen LogP contribution in [0, 0.1) is 10.1 Å². The Labute approximate surface area is 156 Å². The van der Waals surface area contributed by atoms with Crippen LogP contribution in [0.5, 0.6) is 5.75 Å². The van der Waals surface area contributed by atoms with E-state index in [1.54, 1.807) is 18.2 Å². The number of nitrogens with one attached hydrogen (secondary N) is 1. The Balaban J connectivity index is 2.00. The molecule has 0 bridgehead atoms. The minimum atomic E-state index is -0.476. The Bertz CT molecular complexity index is 823. The summed E-state index contributed by atoms with van der Waals surface area (Å²) < 4.78 is 5.54. The van der Waals surface area contributed by atoms with Gasteiger partial charge < -0.3 is 10.1 Å². The van der Waals surface area contributed by atoms with E-state index in [-0.39, 0.29) is 24.2 Å². The Morgan fingerprint density at radius 2 is 2.15 bits per heavy atom. The molecule has 1 atom stereocenters. The molecule has 7 heteroatoms. The van der Waals surface area contributed by atoms with Gasteiger partial charge in [-0.25, -0.2) is 0 Å². The second kappa shape index (κ2) is 9.01. The van der Waals surface area contributed by atoms with Crippen LogP contribution in [0.25, 0.3) is 0 Å². The van der Waals surface area contributed by atoms with Crippen molar-refractivity contribution in [2.45, 2.75) is 19.4 Å². The molecule has 0 spiro atoms. The largest absolute Gasteiger partial charge is 0.483 e. The fraction of sp³-hybridized carbons (Fsp3) is 0.211. The SMILES string of the molecule is C=CCc1cc([N+](=O)[O-])ccc1OCC(=O)N[C@@H](C)c1cccc(Cl)c1. The number of nitro groups is 1. The van der Waals surface area contributed by atoms with Crippen molar-refractivity contribution < 1.29 is 14.5 Å². The minimum Gasteiger partial charge on any atom is -0.483 e. The van der Waals surface area contributed by atoms with Crippen LogP contribution < -0.4 is 10.1 Å². The van der Waals surface area contributed by atoms with Gasteiger partial charge in [-0.1, -0.05) is 29.8 Å². The van der Waals surface area contributed by atoms with Crippen molar-refractivity contribution >= 4 is 23.2 Å². The molecule has 0 saturated carbocycles. The molecule has 0 heterocycles. The van der Waals surface area contributed by atoms with Crippen LogP contribution >= 0.6 is 11.6 Å². The molecule has 0 aliphatic carbocycles. The molecule has 136 valence electrons. The highest BCUT2D eigenvalue weighted by molar-refractivity contribution is 6.30. The topological polar surface area (TPSA) is 81.5 Å². The zero-order chi connectivity index (χ0) is 19.1. The lowest BCUT2D eigenvalue weighted by Gasteiger charge is -2.16. The molecule has 0 radical (unpaired) electrons. The van der Waals surface area contributed by atoms with Crippen LogP contribution in [-0.2, 0) is 11.2 Å². The summed E-state index contributed by atoms with van der Waals surface area (Å²) in [6, 6.07) is 11.3. The summed E-state index contributed by atoms with van der Waals surface area (Å²) in [5.74, 6) is 0.112. The maximum atomic E-state index is 12.1. The fourth-order valence-electron chi connectivity index (χ4n) is 2.42. The molecule has 26 heavy (non-hydrogen) atoms. The number of carbonyl (C=O) groups excluding carboxylic acids is 1. The lowest BCUT2D eigenvalue weighted by atomic mass is 10.1. The first-order chi connectivity index (χ1) is 12.4. The predicted molar refractivity (Wildman–Crippen MR) is 101 cm³/mol. The summed E-state index contributed by atoms with van der Waals surface area (Å²) in [7, 11) is 0. The first kappa shape index (κ1) is 19.5. The van der Waals surface area contributed by atoms with E-state index in [1.807, 2.05) is 19.1 Å². The molecule has 2 aromatic carbocycles. The maximum Gasteiger partial charge on any atom is 0.269 e. The van der Waals surface area contributed by atoms with Crippen molar-refractivity contribution in [1.29, 1.82) is 0 Å². The van der Waals surface area contributed by atoms with E-state index in [9.17, 15) is 14.9 Å². The third-order valence-corrected chi connectivity index (χ3v) is 3.94. The number of ether oxygens (including phenoxy) is 1. The Morgan fingerprint density at radius 1 is 1.38 bits per heavy atom. The first-order valence-corrected chi connectivity index (χ1v) is 8.34. The molecule has 0 saturated heterocycles. The molecular weight excluding hydrogens is 356 g/mol. The Morgan fingerprint density at radius 3 is 2.81 bits per heavy atom. The van der Waals surface area contributed by atoms with Gasteiger partial charge in [-0.2, -0.15) is 0 Å². The van der Waals surface area contributed by atoms with Gasteiger partial charge in [-0.15, -0.1) is 6.58 Å². The number of rotatable bonds is 8. The van der Waals surface area contributed by atoms with E-state index in [0.29, 0.717) is 22.8 Å². The van der Waals surface area contributed by atoms with E-state index in [1.165, 1.54) is 18.2 Å². The number of allylic oxidation sites excluding steroid dienone is 1. The summed E-state index contributed by atoms with van der Waals surface area (Å²) in [4.78, 5) is 22.5. The molecule has 0 aliphatic rings. The molecular formula is C19H19ClN2O4. The van der Waals surface area contributed by atoms with Crippen LogP contribution in [0.2, 0.25) is 5.02 Å². The van der Waals surface area contributed by atoms with Gasteiger partial charge >= 0.3 is 0 Å². The van der Waals surface area contributed by atoms with Gasteiger partial charge in [-0.3, -0.25) is 14.9 Å². The van der Waals surface area contributed by atoms with Crippen molar-refractivity contribution in [2.24, 2.45) is 0 Å². The summed E-state index contributed by atoms with van der Waals surface area (Å²) in [6.07, 6.45) is 2.02. The monoisotopic (exact) mass is 374 g/mol. The lowest BCUT2D eigenvalue weighted by Crippen LogP contribution is -2.31. The molecule has 1 N–H and O–H groups in total. The van der Waals surface area contributed by atoms with E-state index >= 15 is 0 Å². The number of nitrogens with zero attached hydrogens (tertiary/aromatic N) is 1. The summed E-state index contributed by atoms with van der Waals surface area (Å²) in [5.41, 5.74) is 1.45. The number of hydrogen-bond donors (Lipinski definition) is 1. The zero-order valence-corrected chi connectivity index (χ0v) is 15.0. The van der Waals surface area contributed by atoms with E-state index in [0.717, 1.165) is 5.56 Å². The summed E-state index contributed by atoms with van der Waals surface area (Å²) in [6.45, 7) is 5.28. The second-order valence-electron chi connectivity index (χ2n) is 5.67. The number of nitro benzene ring substituents is 1. The quantitative estimate of drug-likeness (QED) is 0.426. The van der Waals surface area contributed by atoms with Gasteiger partial charge in [0.15, 0.2) is 6.61 Å². The smallest absolute Gasteiger partial charge is 0.269 e. The molecule has 0 unspecified atom stereocenters. The minimum absolute atomic E-state index is 0.0340. The molecule has 2 rings (SSSR count). The molecule has 1 amide bonds. The van der Waals surface area contributed by atoms with Crippen molar-refractivity contribution in [3.8, 4) is 5.75 Å². The molecule has 2 aromatic rings. The molecule has 6 nitrogen and oxygen atoms in total. The summed E-state index contributed by atoms with van der Waals surface area (Å²) >= 11 is 5.96. The van der Waals surface area contributed by atoms with Crippen LogP contribution in [-0.4, -0.2) is 17.4 Å². The Kier molecular flexibility index (Phi) is 6.74. The van der Waals surface area contributed by atoms with E-state index < -0.39 is 4.92 Å². The van der Waals surface area contributed by atoms with Gasteiger partial charge in [0, 0.05) is 22.7 Å². The number of amides is 1. The van der Waals surface area contributed by atoms with Gasteiger partial charge in [0.1, 0.15) is 5.75 Å². The molecule has 0 aromatic heterocycles. The highest BCUT2D eigenvalue weighted by Crippen LogP contribution is 2.25. The number of hydrogen-bond acceptors (Lipinski definition) is 4. The third-order valence-electron chi connectivity index (χ3n) is 3.70. The predicted octanol–water partition coefficient (Wildman–Crippen LogP) is 4.23. The van der Waals surface area contributed by atoms with Crippen LogP contribution in [0.4, 0.5) is 5.69 Å². The van der Waals surface area contributed by atoms with Crippen LogP contribution in [0.3, 0.4) is 0 Å². The molecule has 0 aliphatic heterocycles. The lowest BCUT2D eigenvalue weighted by molar-refractivity contribution is -0.384. The van der Waals surface area contributed by atoms with Crippen molar-refractivity contribution in [3.63, 3.8) is 0 Å². The van der Waals surface area contributed by atoms with Gasteiger partial charge in [-0.05, 0) is 37.1 Å². The highest BCUT2D eigenvalue weighted by Gasteiger charge is 2.14. The van der Waals surface area contributed by atoms with Gasteiger partial charge in [0.25, 0.3) is 11.6 Å². The standard InChI is InChI=1S/C19H19ClN2O4/c1-3-5-15-11-17(22(24)25)8-9-18(15)26-12-19(23)21-13(2)14-6-4-7-16(20)10-14/h3-4,6-11,13H,1,5,12H2,2H3,(H,21,23)/t13-/m0/s1. The van der Waals surface area contributed by atoms with Gasteiger partial charge in [0.2, 0.25) is 0 Å². The third kappa shape index (κ3) is 5.32. The Hall–Kier alpha value is -2.86. The van der Waals surface area contributed by atoms with E-state index in [2.05, 4.69) is 11.9 Å². The average molecular weight is 375 g/mol. The zero-order valence-electron chi connectivity index (χ0n) is 14.3. The highest BCUT2D eigenvalue weighted by atomic mass is 35.5. The second-order valence-corrected chi connectivity index (χ2v) is 6.11. The number of benzene rings is 2. The average Bonchev–Trinajstić information content (AvgIpc) is 2.60. The molecule has 0 fully saturated rings. The van der Waals surface area contributed by atoms with Crippen molar-refractivity contribution in [3.05, 3.63) is 81.4 Å². The van der Waals surface area contributed by atoms with Crippen LogP contribution in [0.15, 0.2) is 55.1 Å². The number of carbonyl (C=O) groups is 1. The van der Waals surface area contributed by atoms with E-state index in [4.69, 9.17) is 16.3 Å². The van der Waals surface area contributed by atoms with Crippen LogP contribution in [0.1, 0.15) is 24.1 Å². The van der Waals surface area contributed by atoms with Gasteiger partial charge in [0.05, 0.1) is 11.0 Å². The first-order valence-electron chi connectivity index (χ1n) is 7.96. The summed E-state index contributed by atoms with van der Waals surface area (Å²) in [5, 5.41) is 14.3. The number of halogens is 1. The van der Waals surface area contributed by atoms with Crippen molar-refractivity contribution in [1.82, 2.24) is 5.32 Å².